The Labute approximate surface area is 160 Å². The predicted molar refractivity (Wildman–Crippen MR) is 103 cm³/mol. The summed E-state index contributed by atoms with van der Waals surface area (Å²) in [6.07, 6.45) is 1.70. The lowest BCUT2D eigenvalue weighted by molar-refractivity contribution is -0.123. The summed E-state index contributed by atoms with van der Waals surface area (Å²) in [7, 11) is 0. The molecule has 1 saturated heterocycles. The van der Waals surface area contributed by atoms with Crippen LogP contribution < -0.4 is 10.6 Å². The van der Waals surface area contributed by atoms with Gasteiger partial charge in [0.05, 0.1) is 18.2 Å². The first-order valence-electron chi connectivity index (χ1n) is 8.48. The van der Waals surface area contributed by atoms with Gasteiger partial charge < -0.3 is 10.6 Å². The average Bonchev–Trinajstić information content (AvgIpc) is 3.12. The van der Waals surface area contributed by atoms with E-state index in [1.54, 1.807) is 0 Å². The van der Waals surface area contributed by atoms with Crippen LogP contribution in [0.2, 0.25) is 0 Å². The summed E-state index contributed by atoms with van der Waals surface area (Å²) in [5.41, 5.74) is 0.937. The summed E-state index contributed by atoms with van der Waals surface area (Å²) < 4.78 is 0. The Hall–Kier alpha value is -1.91. The van der Waals surface area contributed by atoms with E-state index in [2.05, 4.69) is 25.8 Å². The Bertz CT molecular complexity index is 783. The Kier molecular flexibility index (Phi) is 5.94. The summed E-state index contributed by atoms with van der Waals surface area (Å²) in [4.78, 5) is 32.1. The zero-order valence-electron chi connectivity index (χ0n) is 15.0. The molecule has 0 saturated carbocycles. The number of hydrogen-bond donors (Lipinski definition) is 2. The number of likely N-dealkylation sites (tertiary alicyclic amines) is 1. The van der Waals surface area contributed by atoms with Gasteiger partial charge in [0.15, 0.2) is 5.13 Å². The first kappa shape index (κ1) is 18.9. The van der Waals surface area contributed by atoms with E-state index in [1.165, 1.54) is 22.7 Å². The number of carbonyl (C=O) groups excluding carboxylic acids is 2. The van der Waals surface area contributed by atoms with Crippen molar-refractivity contribution in [3.63, 3.8) is 0 Å². The van der Waals surface area contributed by atoms with Crippen LogP contribution in [0.1, 0.15) is 28.4 Å². The van der Waals surface area contributed by atoms with Crippen LogP contribution in [-0.2, 0) is 9.59 Å². The second kappa shape index (κ2) is 8.19. The molecule has 1 unspecified atom stereocenters. The van der Waals surface area contributed by atoms with Gasteiger partial charge in [0, 0.05) is 11.4 Å². The minimum Gasteiger partial charge on any atom is -0.301 e. The number of carbonyl (C=O) groups is 2. The van der Waals surface area contributed by atoms with E-state index in [4.69, 9.17) is 0 Å². The van der Waals surface area contributed by atoms with Crippen molar-refractivity contribution in [2.24, 2.45) is 5.92 Å². The molecule has 1 fully saturated rings. The fourth-order valence-electron chi connectivity index (χ4n) is 2.86. The summed E-state index contributed by atoms with van der Waals surface area (Å²) in [6.45, 7) is 7.39. The summed E-state index contributed by atoms with van der Waals surface area (Å²) in [6, 6.07) is 0. The Balaban J connectivity index is 1.51. The minimum atomic E-state index is -0.148. The van der Waals surface area contributed by atoms with Gasteiger partial charge in [0.25, 0.3) is 0 Å². The molecule has 0 radical (unpaired) electrons. The normalized spacial score (nSPS) is 17.9. The van der Waals surface area contributed by atoms with Crippen molar-refractivity contribution in [3.05, 3.63) is 15.6 Å². The van der Waals surface area contributed by atoms with Crippen LogP contribution in [0.5, 0.6) is 0 Å². The van der Waals surface area contributed by atoms with Gasteiger partial charge in [0.1, 0.15) is 5.01 Å². The lowest BCUT2D eigenvalue weighted by Crippen LogP contribution is -2.43. The molecule has 0 spiro atoms. The van der Waals surface area contributed by atoms with Crippen molar-refractivity contribution >= 4 is 44.8 Å². The number of rotatable bonds is 5. The monoisotopic (exact) mass is 394 g/mol. The highest BCUT2D eigenvalue weighted by molar-refractivity contribution is 7.16. The lowest BCUT2D eigenvalue weighted by Gasteiger charge is -2.31. The number of aryl methyl sites for hydroxylation is 3. The van der Waals surface area contributed by atoms with Gasteiger partial charge in [-0.1, -0.05) is 11.3 Å². The van der Waals surface area contributed by atoms with Gasteiger partial charge in [-0.25, -0.2) is 4.98 Å². The number of anilines is 2. The number of aromatic nitrogens is 3. The minimum absolute atomic E-state index is 0.0579. The van der Waals surface area contributed by atoms with Gasteiger partial charge in [0.2, 0.25) is 16.9 Å². The molecule has 2 aromatic heterocycles. The zero-order valence-corrected chi connectivity index (χ0v) is 16.7. The second-order valence-corrected chi connectivity index (χ2v) is 8.78. The molecule has 3 rings (SSSR count). The quantitative estimate of drug-likeness (QED) is 0.806. The first-order valence-corrected chi connectivity index (χ1v) is 10.1. The fourth-order valence-corrected chi connectivity index (χ4v) is 4.28. The van der Waals surface area contributed by atoms with E-state index in [-0.39, 0.29) is 24.3 Å². The largest absolute Gasteiger partial charge is 0.301 e. The Morgan fingerprint density at radius 1 is 1.15 bits per heavy atom. The summed E-state index contributed by atoms with van der Waals surface area (Å²) in [5.74, 6) is -0.304. The molecule has 0 aliphatic carbocycles. The van der Waals surface area contributed by atoms with Crippen LogP contribution in [0, 0.1) is 26.7 Å². The molecule has 2 N–H and O–H groups in total. The van der Waals surface area contributed by atoms with Crippen LogP contribution >= 0.6 is 22.7 Å². The molecule has 140 valence electrons. The molecule has 0 aromatic carbocycles. The summed E-state index contributed by atoms with van der Waals surface area (Å²) >= 11 is 2.83. The lowest BCUT2D eigenvalue weighted by atomic mass is 9.97. The summed E-state index contributed by atoms with van der Waals surface area (Å²) in [5, 5.41) is 15.5. The molecule has 1 atom stereocenters. The van der Waals surface area contributed by atoms with Crippen LogP contribution in [0.4, 0.5) is 10.3 Å². The molecule has 0 bridgehead atoms. The van der Waals surface area contributed by atoms with E-state index in [0.717, 1.165) is 35.0 Å². The van der Waals surface area contributed by atoms with E-state index in [1.807, 2.05) is 25.7 Å². The number of nitrogens with one attached hydrogen (secondary N) is 2. The third-order valence-corrected chi connectivity index (χ3v) is 6.02. The topological polar surface area (TPSA) is 100 Å². The smallest absolute Gasteiger partial charge is 0.240 e. The standard InChI is InChI=1S/C16H22N6O2S2/c1-9-10(2)25-15(17-9)18-13(23)8-22-6-4-5-12(7-22)14(24)19-16-21-20-11(3)26-16/h12H,4-8H2,1-3H3,(H,17,18,23)(H,19,21,24). The Morgan fingerprint density at radius 3 is 2.62 bits per heavy atom. The third-order valence-electron chi connectivity index (χ3n) is 4.27. The zero-order chi connectivity index (χ0) is 18.7. The highest BCUT2D eigenvalue weighted by Crippen LogP contribution is 2.22. The maximum absolute atomic E-state index is 12.4. The maximum atomic E-state index is 12.4. The average molecular weight is 395 g/mol. The maximum Gasteiger partial charge on any atom is 0.240 e. The number of thiazole rings is 1. The molecule has 10 heteroatoms. The van der Waals surface area contributed by atoms with Crippen LogP contribution in [0.15, 0.2) is 0 Å². The highest BCUT2D eigenvalue weighted by atomic mass is 32.1. The third kappa shape index (κ3) is 4.83. The van der Waals surface area contributed by atoms with Crippen molar-refractivity contribution in [2.45, 2.75) is 33.6 Å². The fraction of sp³-hybridized carbons (Fsp3) is 0.562. The van der Waals surface area contributed by atoms with Crippen molar-refractivity contribution in [3.8, 4) is 0 Å². The molecule has 26 heavy (non-hydrogen) atoms. The molecule has 3 heterocycles. The van der Waals surface area contributed by atoms with E-state index < -0.39 is 0 Å². The molecule has 2 amide bonds. The molecule has 1 aliphatic rings. The van der Waals surface area contributed by atoms with Crippen LogP contribution in [0.3, 0.4) is 0 Å². The van der Waals surface area contributed by atoms with Gasteiger partial charge in [-0.05, 0) is 40.2 Å². The molecule has 1 aliphatic heterocycles. The second-order valence-electron chi connectivity index (χ2n) is 6.40. The number of hydrogen-bond acceptors (Lipinski definition) is 8. The number of amides is 2. The number of piperidine rings is 1. The Morgan fingerprint density at radius 2 is 1.96 bits per heavy atom. The first-order chi connectivity index (χ1) is 12.4. The van der Waals surface area contributed by atoms with Gasteiger partial charge in [-0.2, -0.15) is 0 Å². The van der Waals surface area contributed by atoms with Crippen molar-refractivity contribution in [1.82, 2.24) is 20.1 Å². The van der Waals surface area contributed by atoms with Crippen molar-refractivity contribution in [2.75, 3.05) is 30.3 Å². The van der Waals surface area contributed by atoms with E-state index in [0.29, 0.717) is 16.8 Å². The molecule has 2 aromatic rings. The van der Waals surface area contributed by atoms with Gasteiger partial charge in [-0.3, -0.25) is 14.5 Å². The highest BCUT2D eigenvalue weighted by Gasteiger charge is 2.27. The number of nitrogens with zero attached hydrogens (tertiary/aromatic N) is 4. The van der Waals surface area contributed by atoms with Crippen molar-refractivity contribution < 1.29 is 9.59 Å². The van der Waals surface area contributed by atoms with Crippen LogP contribution in [0.25, 0.3) is 0 Å². The molecule has 8 nitrogen and oxygen atoms in total. The SMILES string of the molecule is Cc1nnc(NC(=O)C2CCCN(CC(=O)Nc3nc(C)c(C)s3)C2)s1. The van der Waals surface area contributed by atoms with E-state index >= 15 is 0 Å². The van der Waals surface area contributed by atoms with Gasteiger partial charge >= 0.3 is 0 Å². The van der Waals surface area contributed by atoms with Crippen molar-refractivity contribution in [1.29, 1.82) is 0 Å². The van der Waals surface area contributed by atoms with Crippen LogP contribution in [-0.4, -0.2) is 51.5 Å². The predicted octanol–water partition coefficient (Wildman–Crippen LogP) is 2.21. The van der Waals surface area contributed by atoms with Gasteiger partial charge in [-0.15, -0.1) is 21.5 Å². The molecular weight excluding hydrogens is 372 g/mol. The molecular formula is C16H22N6O2S2. The van der Waals surface area contributed by atoms with E-state index in [9.17, 15) is 9.59 Å².